The maximum absolute atomic E-state index is 12.8. The van der Waals surface area contributed by atoms with Crippen molar-refractivity contribution < 1.29 is 27.8 Å². The Kier molecular flexibility index (Phi) is 3.93. The highest BCUT2D eigenvalue weighted by molar-refractivity contribution is 5.75. The van der Waals surface area contributed by atoms with Gasteiger partial charge in [0.05, 0.1) is 11.5 Å². The summed E-state index contributed by atoms with van der Waals surface area (Å²) in [7, 11) is 0. The lowest BCUT2D eigenvalue weighted by molar-refractivity contribution is -0.139. The third kappa shape index (κ3) is 3.16. The lowest BCUT2D eigenvalue weighted by Crippen LogP contribution is -2.07. The number of carboxylic acids is 1. The van der Waals surface area contributed by atoms with Gasteiger partial charge < -0.3 is 9.84 Å². The van der Waals surface area contributed by atoms with Gasteiger partial charge in [0.15, 0.2) is 0 Å². The number of carbonyl (C=O) groups is 1. The van der Waals surface area contributed by atoms with Gasteiger partial charge in [-0.1, -0.05) is 18.2 Å². The number of ether oxygens (including phenoxy) is 1. The van der Waals surface area contributed by atoms with Crippen molar-refractivity contribution in [1.29, 1.82) is 0 Å². The fourth-order valence-electron chi connectivity index (χ4n) is 3.67. The van der Waals surface area contributed by atoms with Crippen molar-refractivity contribution in [2.24, 2.45) is 5.92 Å². The number of halogens is 3. The maximum atomic E-state index is 12.8. The van der Waals surface area contributed by atoms with E-state index in [0.717, 1.165) is 17.2 Å². The summed E-state index contributed by atoms with van der Waals surface area (Å²) >= 11 is 0. The molecule has 2 aliphatic rings. The van der Waals surface area contributed by atoms with E-state index < -0.39 is 17.7 Å². The molecule has 3 atom stereocenters. The van der Waals surface area contributed by atoms with Crippen LogP contribution in [0.4, 0.5) is 13.2 Å². The third-order valence-electron chi connectivity index (χ3n) is 5.19. The molecular formula is C20H17F3O3. The first-order valence-electron chi connectivity index (χ1n) is 8.52. The number of aryl methyl sites for hydroxylation is 1. The smallest absolute Gasteiger partial charge is 0.416 e. The number of rotatable bonds is 4. The van der Waals surface area contributed by atoms with Crippen LogP contribution in [0.3, 0.4) is 0 Å². The van der Waals surface area contributed by atoms with Crippen LogP contribution in [0.15, 0.2) is 42.5 Å². The summed E-state index contributed by atoms with van der Waals surface area (Å²) in [5.74, 6) is -0.365. The van der Waals surface area contributed by atoms with Crippen molar-refractivity contribution in [3.05, 3.63) is 64.7 Å². The highest BCUT2D eigenvalue weighted by Gasteiger charge is 2.44. The zero-order valence-corrected chi connectivity index (χ0v) is 13.8. The minimum atomic E-state index is -4.33. The fraction of sp³-hybridized carbons (Fsp3) is 0.350. The van der Waals surface area contributed by atoms with Gasteiger partial charge in [-0.05, 0) is 66.1 Å². The molecule has 0 saturated heterocycles. The van der Waals surface area contributed by atoms with Crippen LogP contribution in [-0.4, -0.2) is 11.1 Å². The number of fused-ring (bicyclic) bond motifs is 1. The molecule has 4 rings (SSSR count). The molecule has 1 N–H and O–H groups in total. The van der Waals surface area contributed by atoms with Gasteiger partial charge in [0.1, 0.15) is 11.9 Å². The van der Waals surface area contributed by atoms with E-state index in [1.165, 1.54) is 12.1 Å². The second kappa shape index (κ2) is 6.04. The van der Waals surface area contributed by atoms with Crippen molar-refractivity contribution in [1.82, 2.24) is 0 Å². The quantitative estimate of drug-likeness (QED) is 0.836. The molecule has 0 bridgehead atoms. The number of benzene rings is 2. The summed E-state index contributed by atoms with van der Waals surface area (Å²) in [6.45, 7) is 0. The highest BCUT2D eigenvalue weighted by atomic mass is 19.4. The SMILES string of the molecule is O=C(O)[C@@H]1C[C@H]1c1ccc(O[C@@H]2CCc3cc(C(F)(F)F)ccc32)cc1. The van der Waals surface area contributed by atoms with Crippen LogP contribution >= 0.6 is 0 Å². The van der Waals surface area contributed by atoms with Crippen LogP contribution in [-0.2, 0) is 17.4 Å². The van der Waals surface area contributed by atoms with Gasteiger partial charge in [0.2, 0.25) is 0 Å². The molecule has 0 spiro atoms. The molecule has 2 aliphatic carbocycles. The summed E-state index contributed by atoms with van der Waals surface area (Å²) in [5.41, 5.74) is 1.84. The first kappa shape index (κ1) is 16.9. The lowest BCUT2D eigenvalue weighted by atomic mass is 10.1. The summed E-state index contributed by atoms with van der Waals surface area (Å²) in [4.78, 5) is 11.0. The molecule has 2 aromatic carbocycles. The van der Waals surface area contributed by atoms with Crippen LogP contribution in [0.5, 0.6) is 5.75 Å². The van der Waals surface area contributed by atoms with Crippen LogP contribution in [0, 0.1) is 5.92 Å². The number of hydrogen-bond acceptors (Lipinski definition) is 2. The Bertz CT molecular complexity index is 842. The van der Waals surface area contributed by atoms with E-state index >= 15 is 0 Å². The van der Waals surface area contributed by atoms with E-state index in [1.807, 2.05) is 12.1 Å². The molecule has 0 unspecified atom stereocenters. The van der Waals surface area contributed by atoms with E-state index in [1.54, 1.807) is 12.1 Å². The van der Waals surface area contributed by atoms with Gasteiger partial charge in [-0.25, -0.2) is 0 Å². The highest BCUT2D eigenvalue weighted by Crippen LogP contribution is 2.48. The summed E-state index contributed by atoms with van der Waals surface area (Å²) in [5, 5.41) is 9.00. The minimum Gasteiger partial charge on any atom is -0.486 e. The Morgan fingerprint density at radius 2 is 1.85 bits per heavy atom. The third-order valence-corrected chi connectivity index (χ3v) is 5.19. The molecule has 3 nitrogen and oxygen atoms in total. The van der Waals surface area contributed by atoms with Crippen LogP contribution < -0.4 is 4.74 Å². The van der Waals surface area contributed by atoms with E-state index in [2.05, 4.69) is 0 Å². The molecule has 1 saturated carbocycles. The van der Waals surface area contributed by atoms with Crippen LogP contribution in [0.2, 0.25) is 0 Å². The van der Waals surface area contributed by atoms with E-state index in [4.69, 9.17) is 9.84 Å². The van der Waals surface area contributed by atoms with Crippen molar-refractivity contribution in [2.45, 2.75) is 37.5 Å². The predicted octanol–water partition coefficient (Wildman–Crippen LogP) is 4.96. The summed E-state index contributed by atoms with van der Waals surface area (Å²) < 4.78 is 44.4. The standard InChI is InChI=1S/C20H17F3O3/c21-20(22,23)13-4-7-15-12(9-13)3-8-18(15)26-14-5-1-11(2-6-14)16-10-17(16)19(24)25/h1-2,4-7,9,16-18H,3,8,10H2,(H,24,25)/t16-,17+,18+/m0/s1. The number of hydrogen-bond donors (Lipinski definition) is 1. The Hall–Kier alpha value is -2.50. The largest absolute Gasteiger partial charge is 0.486 e. The first-order chi connectivity index (χ1) is 12.3. The fourth-order valence-corrected chi connectivity index (χ4v) is 3.67. The van der Waals surface area contributed by atoms with Crippen LogP contribution in [0.25, 0.3) is 0 Å². The van der Waals surface area contributed by atoms with Gasteiger partial charge in [-0.2, -0.15) is 13.2 Å². The van der Waals surface area contributed by atoms with Gasteiger partial charge >= 0.3 is 12.1 Å². The minimum absolute atomic E-state index is 0.0644. The number of alkyl halides is 3. The topological polar surface area (TPSA) is 46.5 Å². The van der Waals surface area contributed by atoms with Crippen molar-refractivity contribution in [3.8, 4) is 5.75 Å². The molecule has 1 fully saturated rings. The summed E-state index contributed by atoms with van der Waals surface area (Å²) in [6.07, 6.45) is -2.73. The van der Waals surface area contributed by atoms with E-state index in [9.17, 15) is 18.0 Å². The summed E-state index contributed by atoms with van der Waals surface area (Å²) in [6, 6.07) is 11.1. The van der Waals surface area contributed by atoms with Crippen molar-refractivity contribution >= 4 is 5.97 Å². The van der Waals surface area contributed by atoms with E-state index in [-0.39, 0.29) is 17.9 Å². The van der Waals surface area contributed by atoms with Gasteiger partial charge in [-0.3, -0.25) is 4.79 Å². The average molecular weight is 362 g/mol. The second-order valence-electron chi connectivity index (χ2n) is 6.91. The second-order valence-corrected chi connectivity index (χ2v) is 6.91. The van der Waals surface area contributed by atoms with Crippen molar-refractivity contribution in [2.75, 3.05) is 0 Å². The first-order valence-corrected chi connectivity index (χ1v) is 8.52. The molecule has 0 aromatic heterocycles. The van der Waals surface area contributed by atoms with Gasteiger partial charge in [0, 0.05) is 0 Å². The molecular weight excluding hydrogens is 345 g/mol. The number of aliphatic carboxylic acids is 1. The van der Waals surface area contributed by atoms with Crippen LogP contribution in [0.1, 0.15) is 47.1 Å². The van der Waals surface area contributed by atoms with Gasteiger partial charge in [0.25, 0.3) is 0 Å². The van der Waals surface area contributed by atoms with Crippen molar-refractivity contribution in [3.63, 3.8) is 0 Å². The monoisotopic (exact) mass is 362 g/mol. The zero-order valence-electron chi connectivity index (χ0n) is 13.8. The van der Waals surface area contributed by atoms with E-state index in [0.29, 0.717) is 30.6 Å². The van der Waals surface area contributed by atoms with Gasteiger partial charge in [-0.15, -0.1) is 0 Å². The molecule has 0 radical (unpaired) electrons. The molecule has 6 heteroatoms. The Labute approximate surface area is 148 Å². The number of carboxylic acid groups (broad SMARTS) is 1. The maximum Gasteiger partial charge on any atom is 0.416 e. The zero-order chi connectivity index (χ0) is 18.5. The molecule has 26 heavy (non-hydrogen) atoms. The molecule has 0 aliphatic heterocycles. The molecule has 2 aromatic rings. The Balaban J connectivity index is 1.46. The molecule has 0 amide bonds. The normalized spacial score (nSPS) is 24.2. The molecule has 136 valence electrons. The molecule has 0 heterocycles. The average Bonchev–Trinajstić information content (AvgIpc) is 3.31. The lowest BCUT2D eigenvalue weighted by Gasteiger charge is -2.16. The Morgan fingerprint density at radius 3 is 2.46 bits per heavy atom. The predicted molar refractivity (Wildman–Crippen MR) is 88.1 cm³/mol. The Morgan fingerprint density at radius 1 is 1.12 bits per heavy atom.